The lowest BCUT2D eigenvalue weighted by atomic mass is 10.1. The standard InChI is InChI=1S/C16H18N2O3S/c19-15-14(4-1-6-17-15)16(20)18(9-12-5-8-22-11-12)10-13-3-2-7-21-13/h1,4-6,8,11,13H,2-3,7,9-10H2,(H,17,19). The third-order valence-electron chi connectivity index (χ3n) is 3.74. The number of carbonyl (C=O) groups is 1. The van der Waals surface area contributed by atoms with Gasteiger partial charge in [0.25, 0.3) is 11.5 Å². The first-order chi connectivity index (χ1) is 10.7. The van der Waals surface area contributed by atoms with Gasteiger partial charge in [0.1, 0.15) is 5.56 Å². The fraction of sp³-hybridized carbons (Fsp3) is 0.375. The van der Waals surface area contributed by atoms with E-state index >= 15 is 0 Å². The van der Waals surface area contributed by atoms with Crippen molar-refractivity contribution in [2.24, 2.45) is 0 Å². The lowest BCUT2D eigenvalue weighted by molar-refractivity contribution is 0.0506. The van der Waals surface area contributed by atoms with Gasteiger partial charge in [-0.15, -0.1) is 0 Å². The molecule has 22 heavy (non-hydrogen) atoms. The molecule has 1 fully saturated rings. The van der Waals surface area contributed by atoms with Gasteiger partial charge in [-0.1, -0.05) is 0 Å². The van der Waals surface area contributed by atoms with Gasteiger partial charge in [0, 0.05) is 25.9 Å². The first-order valence-electron chi connectivity index (χ1n) is 7.33. The molecule has 2 aromatic heterocycles. The van der Waals surface area contributed by atoms with Crippen LogP contribution in [0.25, 0.3) is 0 Å². The Labute approximate surface area is 132 Å². The molecule has 1 unspecified atom stereocenters. The van der Waals surface area contributed by atoms with Gasteiger partial charge in [-0.3, -0.25) is 9.59 Å². The van der Waals surface area contributed by atoms with Crippen LogP contribution in [0.1, 0.15) is 28.8 Å². The molecule has 0 spiro atoms. The SMILES string of the molecule is O=C(c1ccc[nH]c1=O)N(Cc1ccsc1)CC1CCCO1. The van der Waals surface area contributed by atoms with E-state index < -0.39 is 0 Å². The summed E-state index contributed by atoms with van der Waals surface area (Å²) in [7, 11) is 0. The number of amides is 1. The molecule has 0 aliphatic carbocycles. The molecule has 6 heteroatoms. The number of hydrogen-bond donors (Lipinski definition) is 1. The quantitative estimate of drug-likeness (QED) is 0.920. The highest BCUT2D eigenvalue weighted by atomic mass is 32.1. The van der Waals surface area contributed by atoms with E-state index in [1.54, 1.807) is 28.4 Å². The van der Waals surface area contributed by atoms with Crippen molar-refractivity contribution < 1.29 is 9.53 Å². The zero-order valence-corrected chi connectivity index (χ0v) is 13.0. The molecule has 2 aromatic rings. The average Bonchev–Trinajstić information content (AvgIpc) is 3.20. The van der Waals surface area contributed by atoms with E-state index in [1.807, 2.05) is 16.8 Å². The zero-order chi connectivity index (χ0) is 15.4. The van der Waals surface area contributed by atoms with Crippen molar-refractivity contribution in [3.8, 4) is 0 Å². The zero-order valence-electron chi connectivity index (χ0n) is 12.2. The van der Waals surface area contributed by atoms with Crippen molar-refractivity contribution >= 4 is 17.2 Å². The van der Waals surface area contributed by atoms with Crippen molar-refractivity contribution in [2.45, 2.75) is 25.5 Å². The summed E-state index contributed by atoms with van der Waals surface area (Å²) in [6.07, 6.45) is 3.57. The maximum Gasteiger partial charge on any atom is 0.260 e. The Kier molecular flexibility index (Phi) is 4.70. The summed E-state index contributed by atoms with van der Waals surface area (Å²) >= 11 is 1.60. The number of ether oxygens (including phenoxy) is 1. The van der Waals surface area contributed by atoms with Gasteiger partial charge in [-0.25, -0.2) is 0 Å². The van der Waals surface area contributed by atoms with Crippen LogP contribution in [-0.4, -0.2) is 35.0 Å². The molecule has 0 radical (unpaired) electrons. The van der Waals surface area contributed by atoms with E-state index in [2.05, 4.69) is 4.98 Å². The Morgan fingerprint density at radius 3 is 3.05 bits per heavy atom. The lowest BCUT2D eigenvalue weighted by Crippen LogP contribution is -2.39. The Hall–Kier alpha value is -1.92. The van der Waals surface area contributed by atoms with Crippen LogP contribution in [0.15, 0.2) is 40.0 Å². The number of thiophene rings is 1. The Balaban J connectivity index is 1.81. The number of nitrogens with one attached hydrogen (secondary N) is 1. The third kappa shape index (κ3) is 3.45. The molecule has 3 heterocycles. The van der Waals surface area contributed by atoms with Gasteiger partial charge in [0.05, 0.1) is 6.10 Å². The van der Waals surface area contributed by atoms with Gasteiger partial charge in [0.15, 0.2) is 0 Å². The maximum atomic E-state index is 12.7. The number of nitrogens with zero attached hydrogens (tertiary/aromatic N) is 1. The molecule has 116 valence electrons. The summed E-state index contributed by atoms with van der Waals surface area (Å²) in [6, 6.07) is 5.23. The number of aromatic nitrogens is 1. The molecule has 3 rings (SSSR count). The van der Waals surface area contributed by atoms with Gasteiger partial charge in [0.2, 0.25) is 0 Å². The van der Waals surface area contributed by atoms with E-state index in [4.69, 9.17) is 4.74 Å². The van der Waals surface area contributed by atoms with E-state index in [0.29, 0.717) is 13.1 Å². The molecule has 1 aliphatic rings. The van der Waals surface area contributed by atoms with Gasteiger partial charge in [-0.05, 0) is 47.4 Å². The summed E-state index contributed by atoms with van der Waals surface area (Å²) in [5.74, 6) is -0.247. The average molecular weight is 318 g/mol. The maximum absolute atomic E-state index is 12.7. The Morgan fingerprint density at radius 1 is 1.45 bits per heavy atom. The van der Waals surface area contributed by atoms with Crippen molar-refractivity contribution in [1.29, 1.82) is 0 Å². The van der Waals surface area contributed by atoms with E-state index in [0.717, 1.165) is 25.0 Å². The van der Waals surface area contributed by atoms with E-state index in [-0.39, 0.29) is 23.1 Å². The highest BCUT2D eigenvalue weighted by Gasteiger charge is 2.25. The molecule has 0 saturated carbocycles. The van der Waals surface area contributed by atoms with Crippen molar-refractivity contribution in [3.63, 3.8) is 0 Å². The second-order valence-corrected chi connectivity index (χ2v) is 6.15. The van der Waals surface area contributed by atoms with Crippen molar-refractivity contribution in [1.82, 2.24) is 9.88 Å². The topological polar surface area (TPSA) is 62.4 Å². The molecule has 1 saturated heterocycles. The number of aromatic amines is 1. The molecule has 5 nitrogen and oxygen atoms in total. The van der Waals surface area contributed by atoms with Gasteiger partial charge < -0.3 is 14.6 Å². The molecule has 1 atom stereocenters. The van der Waals surface area contributed by atoms with Crippen molar-refractivity contribution in [2.75, 3.05) is 13.2 Å². The van der Waals surface area contributed by atoms with Gasteiger partial charge in [-0.2, -0.15) is 11.3 Å². The van der Waals surface area contributed by atoms with Crippen LogP contribution < -0.4 is 5.56 Å². The molecular formula is C16H18N2O3S. The van der Waals surface area contributed by atoms with Crippen LogP contribution in [0, 0.1) is 0 Å². The highest BCUT2D eigenvalue weighted by Crippen LogP contribution is 2.17. The highest BCUT2D eigenvalue weighted by molar-refractivity contribution is 7.07. The number of H-pyrrole nitrogens is 1. The summed E-state index contributed by atoms with van der Waals surface area (Å²) in [5, 5.41) is 4.00. The minimum absolute atomic E-state index is 0.0605. The van der Waals surface area contributed by atoms with Crippen LogP contribution in [0.3, 0.4) is 0 Å². The fourth-order valence-electron chi connectivity index (χ4n) is 2.62. The molecule has 1 N–H and O–H groups in total. The predicted molar refractivity (Wildman–Crippen MR) is 85.1 cm³/mol. The normalized spacial score (nSPS) is 17.5. The minimum atomic E-state index is -0.352. The number of hydrogen-bond acceptors (Lipinski definition) is 4. The minimum Gasteiger partial charge on any atom is -0.376 e. The number of rotatable bonds is 5. The second-order valence-electron chi connectivity index (χ2n) is 5.37. The summed E-state index contributed by atoms with van der Waals surface area (Å²) in [5.41, 5.74) is 0.898. The Bertz CT molecular complexity index is 675. The first kappa shape index (κ1) is 15.0. The van der Waals surface area contributed by atoms with Crippen LogP contribution in [0.2, 0.25) is 0 Å². The summed E-state index contributed by atoms with van der Waals surface area (Å²) < 4.78 is 5.64. The first-order valence-corrected chi connectivity index (χ1v) is 8.28. The molecular weight excluding hydrogens is 300 g/mol. The Morgan fingerprint density at radius 2 is 2.36 bits per heavy atom. The van der Waals surface area contributed by atoms with Crippen LogP contribution >= 0.6 is 11.3 Å². The summed E-state index contributed by atoms with van der Waals surface area (Å²) in [6.45, 7) is 1.76. The summed E-state index contributed by atoms with van der Waals surface area (Å²) in [4.78, 5) is 28.9. The van der Waals surface area contributed by atoms with E-state index in [1.165, 1.54) is 6.20 Å². The predicted octanol–water partition coefficient (Wildman–Crippen LogP) is 2.26. The molecule has 1 aliphatic heterocycles. The van der Waals surface area contributed by atoms with E-state index in [9.17, 15) is 9.59 Å². The molecule has 0 aromatic carbocycles. The largest absolute Gasteiger partial charge is 0.376 e. The monoisotopic (exact) mass is 318 g/mol. The van der Waals surface area contributed by atoms with Gasteiger partial charge >= 0.3 is 0 Å². The van der Waals surface area contributed by atoms with Crippen molar-refractivity contribution in [3.05, 3.63) is 56.6 Å². The smallest absolute Gasteiger partial charge is 0.260 e. The van der Waals surface area contributed by atoms with Crippen LogP contribution in [0.4, 0.5) is 0 Å². The molecule has 0 bridgehead atoms. The van der Waals surface area contributed by atoms with Crippen LogP contribution in [0.5, 0.6) is 0 Å². The second kappa shape index (κ2) is 6.89. The fourth-order valence-corrected chi connectivity index (χ4v) is 3.28. The number of carbonyl (C=O) groups excluding carboxylic acids is 1. The molecule has 1 amide bonds. The number of pyridine rings is 1. The lowest BCUT2D eigenvalue weighted by Gasteiger charge is -2.25. The third-order valence-corrected chi connectivity index (χ3v) is 4.47. The van der Waals surface area contributed by atoms with Crippen LogP contribution in [-0.2, 0) is 11.3 Å².